The fraction of sp³-hybridized carbons (Fsp3) is 0.429. The Morgan fingerprint density at radius 3 is 2.79 bits per heavy atom. The van der Waals surface area contributed by atoms with E-state index < -0.39 is 5.92 Å². The van der Waals surface area contributed by atoms with E-state index in [9.17, 15) is 13.6 Å². The van der Waals surface area contributed by atoms with E-state index in [0.717, 1.165) is 0 Å². The summed E-state index contributed by atoms with van der Waals surface area (Å²) in [7, 11) is 0. The maximum atomic E-state index is 15.0. The van der Waals surface area contributed by atoms with E-state index in [4.69, 9.17) is 29.6 Å². The molecule has 2 aromatic rings. The Morgan fingerprint density at radius 1 is 1.34 bits per heavy atom. The SMILES string of the molecule is C#C[C@H]1CCC(F)(F)c2c3c(nn2C1)C[C@@H](C)N(C(=O)c1ccc(Cl)c(Cl)c1)C3. The van der Waals surface area contributed by atoms with Crippen LogP contribution in [0.1, 0.15) is 47.1 Å². The third kappa shape index (κ3) is 3.51. The highest BCUT2D eigenvalue weighted by atomic mass is 35.5. The van der Waals surface area contributed by atoms with Gasteiger partial charge in [-0.25, -0.2) is 0 Å². The van der Waals surface area contributed by atoms with Crippen molar-refractivity contribution in [3.8, 4) is 12.3 Å². The fourth-order valence-electron chi connectivity index (χ4n) is 4.11. The first kappa shape index (κ1) is 20.2. The molecule has 8 heteroatoms. The highest BCUT2D eigenvalue weighted by molar-refractivity contribution is 6.42. The fourth-order valence-corrected chi connectivity index (χ4v) is 4.41. The van der Waals surface area contributed by atoms with Crippen molar-refractivity contribution in [2.45, 2.75) is 51.2 Å². The number of rotatable bonds is 1. The molecule has 152 valence electrons. The molecule has 1 aromatic heterocycles. The van der Waals surface area contributed by atoms with Gasteiger partial charge in [0, 0.05) is 35.9 Å². The second-order valence-electron chi connectivity index (χ2n) is 7.68. The number of terminal acetylenes is 1. The zero-order valence-electron chi connectivity index (χ0n) is 15.8. The van der Waals surface area contributed by atoms with Crippen molar-refractivity contribution in [3.63, 3.8) is 0 Å². The quantitative estimate of drug-likeness (QED) is 0.594. The maximum absolute atomic E-state index is 15.0. The van der Waals surface area contributed by atoms with Crippen molar-refractivity contribution in [1.82, 2.24) is 14.7 Å². The number of benzene rings is 1. The van der Waals surface area contributed by atoms with Crippen LogP contribution >= 0.6 is 23.2 Å². The summed E-state index contributed by atoms with van der Waals surface area (Å²) in [5, 5.41) is 5.07. The van der Waals surface area contributed by atoms with Gasteiger partial charge >= 0.3 is 0 Å². The first-order chi connectivity index (χ1) is 13.7. The number of amides is 1. The third-order valence-corrected chi connectivity index (χ3v) is 6.43. The van der Waals surface area contributed by atoms with Gasteiger partial charge in [-0.1, -0.05) is 23.2 Å². The zero-order valence-corrected chi connectivity index (χ0v) is 17.3. The van der Waals surface area contributed by atoms with Crippen LogP contribution in [0.15, 0.2) is 18.2 Å². The van der Waals surface area contributed by atoms with E-state index in [2.05, 4.69) is 11.0 Å². The smallest absolute Gasteiger partial charge is 0.289 e. The molecule has 0 unspecified atom stereocenters. The summed E-state index contributed by atoms with van der Waals surface area (Å²) in [6.45, 7) is 2.22. The monoisotopic (exact) mass is 437 g/mol. The molecule has 1 amide bonds. The van der Waals surface area contributed by atoms with Crippen molar-refractivity contribution in [3.05, 3.63) is 50.8 Å². The summed E-state index contributed by atoms with van der Waals surface area (Å²) in [6, 6.07) is 4.44. The second-order valence-corrected chi connectivity index (χ2v) is 8.49. The molecule has 4 nitrogen and oxygen atoms in total. The van der Waals surface area contributed by atoms with Gasteiger partial charge in [0.05, 0.1) is 28.8 Å². The Hall–Kier alpha value is -2.10. The topological polar surface area (TPSA) is 38.1 Å². The normalized spacial score (nSPS) is 23.0. The highest BCUT2D eigenvalue weighted by Gasteiger charge is 2.44. The minimum Gasteiger partial charge on any atom is -0.331 e. The number of carbonyl (C=O) groups excluding carboxylic acids is 1. The number of aromatic nitrogens is 2. The van der Waals surface area contributed by atoms with Gasteiger partial charge in [-0.2, -0.15) is 13.9 Å². The standard InChI is InChI=1S/C21H19Cl2F2N3O/c1-3-13-6-7-21(24,25)19-15-11-27(12(2)8-18(15)26-28(19)10-13)20(29)14-4-5-16(22)17(23)9-14/h1,4-5,9,12-13H,6-8,10-11H2,2H3/t12-,13+/m1/s1. The van der Waals surface area contributed by atoms with Crippen molar-refractivity contribution >= 4 is 29.1 Å². The lowest BCUT2D eigenvalue weighted by Crippen LogP contribution is -2.43. The molecule has 2 atom stereocenters. The van der Waals surface area contributed by atoms with Crippen LogP contribution in [0.4, 0.5) is 8.78 Å². The van der Waals surface area contributed by atoms with Gasteiger partial charge in [0.25, 0.3) is 11.8 Å². The molecule has 0 saturated carbocycles. The van der Waals surface area contributed by atoms with Crippen LogP contribution in [-0.2, 0) is 25.4 Å². The minimum absolute atomic E-state index is 0.0707. The number of hydrogen-bond donors (Lipinski definition) is 0. The lowest BCUT2D eigenvalue weighted by atomic mass is 9.95. The predicted octanol–water partition coefficient (Wildman–Crippen LogP) is 4.91. The number of alkyl halides is 2. The number of nitrogens with zero attached hydrogens (tertiary/aromatic N) is 3. The Morgan fingerprint density at radius 2 is 2.10 bits per heavy atom. The lowest BCUT2D eigenvalue weighted by Gasteiger charge is -2.34. The number of hydrogen-bond acceptors (Lipinski definition) is 2. The van der Waals surface area contributed by atoms with Crippen LogP contribution in [0, 0.1) is 18.3 Å². The van der Waals surface area contributed by atoms with Crippen molar-refractivity contribution in [2.24, 2.45) is 5.92 Å². The number of halogens is 4. The summed E-state index contributed by atoms with van der Waals surface area (Å²) >= 11 is 12.0. The average molecular weight is 438 g/mol. The summed E-state index contributed by atoms with van der Waals surface area (Å²) in [6.07, 6.45) is 5.82. The highest BCUT2D eigenvalue weighted by Crippen LogP contribution is 2.42. The molecule has 0 spiro atoms. The number of carbonyl (C=O) groups is 1. The van der Waals surface area contributed by atoms with E-state index >= 15 is 0 Å². The Labute approximate surface area is 177 Å². The molecule has 0 N–H and O–H groups in total. The largest absolute Gasteiger partial charge is 0.331 e. The van der Waals surface area contributed by atoms with Gasteiger partial charge < -0.3 is 4.90 Å². The molecule has 0 bridgehead atoms. The molecule has 2 aliphatic rings. The Bertz CT molecular complexity index is 1030. The van der Waals surface area contributed by atoms with E-state index in [1.165, 1.54) is 10.7 Å². The molecule has 0 aliphatic carbocycles. The van der Waals surface area contributed by atoms with Crippen molar-refractivity contribution < 1.29 is 13.6 Å². The summed E-state index contributed by atoms with van der Waals surface area (Å²) in [5.41, 5.74) is 1.30. The van der Waals surface area contributed by atoms with Crippen LogP contribution in [-0.4, -0.2) is 26.6 Å². The van der Waals surface area contributed by atoms with Gasteiger partial charge in [-0.15, -0.1) is 12.3 Å². The van der Waals surface area contributed by atoms with Gasteiger partial charge in [-0.05, 0) is 31.5 Å². The summed E-state index contributed by atoms with van der Waals surface area (Å²) in [4.78, 5) is 14.7. The van der Waals surface area contributed by atoms with Crippen molar-refractivity contribution in [2.75, 3.05) is 0 Å². The van der Waals surface area contributed by atoms with Crippen LogP contribution in [0.2, 0.25) is 10.0 Å². The van der Waals surface area contributed by atoms with Crippen LogP contribution < -0.4 is 0 Å². The number of fused-ring (bicyclic) bond motifs is 3. The van der Waals surface area contributed by atoms with E-state index in [-0.39, 0.29) is 54.5 Å². The molecule has 4 rings (SSSR count). The Balaban J connectivity index is 1.72. The Kier molecular flexibility index (Phi) is 5.08. The minimum atomic E-state index is -3.04. The van der Waals surface area contributed by atoms with E-state index in [1.54, 1.807) is 17.0 Å². The van der Waals surface area contributed by atoms with Crippen molar-refractivity contribution in [1.29, 1.82) is 0 Å². The van der Waals surface area contributed by atoms with Crippen LogP contribution in [0.5, 0.6) is 0 Å². The molecule has 2 aliphatic heterocycles. The van der Waals surface area contributed by atoms with E-state index in [0.29, 0.717) is 28.3 Å². The summed E-state index contributed by atoms with van der Waals surface area (Å²) < 4.78 is 31.3. The maximum Gasteiger partial charge on any atom is 0.289 e. The lowest BCUT2D eigenvalue weighted by molar-refractivity contribution is -0.0214. The van der Waals surface area contributed by atoms with Gasteiger partial charge in [-0.3, -0.25) is 9.48 Å². The molecular formula is C21H19Cl2F2N3O. The average Bonchev–Trinajstić information content (AvgIpc) is 2.97. The zero-order chi connectivity index (χ0) is 20.9. The van der Waals surface area contributed by atoms with Gasteiger partial charge in [0.2, 0.25) is 0 Å². The molecule has 29 heavy (non-hydrogen) atoms. The van der Waals surface area contributed by atoms with Crippen LogP contribution in [0.3, 0.4) is 0 Å². The third-order valence-electron chi connectivity index (χ3n) is 5.69. The first-order valence-electron chi connectivity index (χ1n) is 9.40. The molecule has 3 heterocycles. The molecule has 0 radical (unpaired) electrons. The molecular weight excluding hydrogens is 419 g/mol. The molecule has 0 fully saturated rings. The van der Waals surface area contributed by atoms with Gasteiger partial charge in [0.1, 0.15) is 5.69 Å². The van der Waals surface area contributed by atoms with E-state index in [1.807, 2.05) is 6.92 Å². The predicted molar refractivity (Wildman–Crippen MR) is 107 cm³/mol. The first-order valence-corrected chi connectivity index (χ1v) is 10.2. The second kappa shape index (κ2) is 7.30. The molecule has 0 saturated heterocycles. The van der Waals surface area contributed by atoms with Gasteiger partial charge in [0.15, 0.2) is 0 Å². The molecule has 1 aromatic carbocycles. The van der Waals surface area contributed by atoms with Crippen LogP contribution in [0.25, 0.3) is 0 Å². The summed E-state index contributed by atoms with van der Waals surface area (Å²) in [5.74, 6) is -1.01.